The average Bonchev–Trinajstić information content (AvgIpc) is 2.70. The predicted molar refractivity (Wildman–Crippen MR) is 124 cm³/mol. The normalized spacial score (nSPS) is 37.5. The van der Waals surface area contributed by atoms with Crippen molar-refractivity contribution in [1.29, 1.82) is 0 Å². The SMILES string of the molecule is [B]C1CN(P(C)(=O)OCC2CN(P(C)(=O)OCC3CN(C)CC([B])O3)CC([B])O2)CCO1. The van der Waals surface area contributed by atoms with E-state index in [1.165, 1.54) is 0 Å². The van der Waals surface area contributed by atoms with Gasteiger partial charge in [-0.2, -0.15) is 0 Å². The van der Waals surface area contributed by atoms with E-state index in [9.17, 15) is 9.13 Å². The molecule has 3 rings (SSSR count). The lowest BCUT2D eigenvalue weighted by Crippen LogP contribution is -2.49. The van der Waals surface area contributed by atoms with Gasteiger partial charge in [0.25, 0.3) is 15.0 Å². The summed E-state index contributed by atoms with van der Waals surface area (Å²) in [6, 6.07) is -1.57. The molecule has 3 fully saturated rings. The molecule has 0 aliphatic carbocycles. The maximum atomic E-state index is 13.3. The van der Waals surface area contributed by atoms with Crippen LogP contribution >= 0.6 is 15.0 Å². The molecule has 3 aliphatic heterocycles. The van der Waals surface area contributed by atoms with Crippen LogP contribution in [0.15, 0.2) is 0 Å². The minimum atomic E-state index is -3.18. The average molecular weight is 485 g/mol. The second-order valence-electron chi connectivity index (χ2n) is 8.71. The highest BCUT2D eigenvalue weighted by Crippen LogP contribution is 2.50. The predicted octanol–water partition coefficient (Wildman–Crippen LogP) is -0.487. The van der Waals surface area contributed by atoms with Crippen LogP contribution in [0.2, 0.25) is 0 Å². The fourth-order valence-electron chi connectivity index (χ4n) is 3.99. The molecule has 32 heavy (non-hydrogen) atoms. The summed E-state index contributed by atoms with van der Waals surface area (Å²) in [5, 5.41) is 0. The van der Waals surface area contributed by atoms with Crippen molar-refractivity contribution in [3.05, 3.63) is 0 Å². The highest BCUT2D eigenvalue weighted by Gasteiger charge is 2.38. The van der Waals surface area contributed by atoms with Crippen molar-refractivity contribution in [2.24, 2.45) is 0 Å². The van der Waals surface area contributed by atoms with Crippen LogP contribution in [0.4, 0.5) is 0 Å². The number of nitrogens with zero attached hydrogens (tertiary/aromatic N) is 3. The Kier molecular flexibility index (Phi) is 9.58. The van der Waals surface area contributed by atoms with Crippen LogP contribution < -0.4 is 0 Å². The summed E-state index contributed by atoms with van der Waals surface area (Å²) in [6.45, 7) is 6.28. The molecule has 0 aromatic carbocycles. The molecule has 0 amide bonds. The van der Waals surface area contributed by atoms with Gasteiger partial charge >= 0.3 is 0 Å². The molecule has 0 N–H and O–H groups in total. The molecule has 6 radical (unpaired) electrons. The zero-order valence-electron chi connectivity index (χ0n) is 19.1. The quantitative estimate of drug-likeness (QED) is 0.332. The monoisotopic (exact) mass is 485 g/mol. The van der Waals surface area contributed by atoms with Gasteiger partial charge in [0.1, 0.15) is 23.5 Å². The van der Waals surface area contributed by atoms with Gasteiger partial charge in [-0.15, -0.1) is 0 Å². The molecule has 3 heterocycles. The largest absolute Gasteiger partial charge is 0.385 e. The number of rotatable bonds is 8. The third-order valence-corrected chi connectivity index (χ3v) is 9.65. The van der Waals surface area contributed by atoms with Crippen LogP contribution in [0.25, 0.3) is 0 Å². The van der Waals surface area contributed by atoms with Gasteiger partial charge in [0.05, 0.1) is 32.0 Å². The number of hydrogen-bond acceptors (Lipinski definition) is 8. The van der Waals surface area contributed by atoms with Crippen molar-refractivity contribution in [3.63, 3.8) is 0 Å². The van der Waals surface area contributed by atoms with E-state index in [4.69, 9.17) is 46.8 Å². The molecule has 0 aromatic rings. The Hall–Kier alpha value is 0.335. The number of morpholine rings is 3. The minimum absolute atomic E-state index is 0.0377. The van der Waals surface area contributed by atoms with E-state index in [1.807, 2.05) is 11.9 Å². The van der Waals surface area contributed by atoms with Crippen molar-refractivity contribution in [2.45, 2.75) is 30.2 Å². The smallest absolute Gasteiger partial charge is 0.269 e. The van der Waals surface area contributed by atoms with E-state index in [0.29, 0.717) is 32.8 Å². The van der Waals surface area contributed by atoms with E-state index < -0.39 is 39.2 Å². The maximum absolute atomic E-state index is 13.3. The Labute approximate surface area is 195 Å². The second-order valence-corrected chi connectivity index (χ2v) is 13.6. The van der Waals surface area contributed by atoms with Crippen molar-refractivity contribution < 1.29 is 32.4 Å². The molecule has 0 aromatic heterocycles. The van der Waals surface area contributed by atoms with Crippen molar-refractivity contribution in [3.8, 4) is 0 Å². The summed E-state index contributed by atoms with van der Waals surface area (Å²) < 4.78 is 57.9. The van der Waals surface area contributed by atoms with Gasteiger partial charge in [0.2, 0.25) is 0 Å². The van der Waals surface area contributed by atoms with Gasteiger partial charge < -0.3 is 28.2 Å². The van der Waals surface area contributed by atoms with Crippen LogP contribution in [0.5, 0.6) is 0 Å². The first-order chi connectivity index (χ1) is 14.9. The highest BCUT2D eigenvalue weighted by molar-refractivity contribution is 7.56. The summed E-state index contributed by atoms with van der Waals surface area (Å²) in [5.41, 5.74) is 0. The Balaban J connectivity index is 1.52. The summed E-state index contributed by atoms with van der Waals surface area (Å²) in [7, 11) is 13.4. The Bertz CT molecular complexity index is 717. The van der Waals surface area contributed by atoms with Crippen LogP contribution in [0.1, 0.15) is 0 Å². The fourth-order valence-corrected chi connectivity index (χ4v) is 7.04. The van der Waals surface area contributed by atoms with E-state index in [-0.39, 0.29) is 32.4 Å². The number of ether oxygens (including phenoxy) is 3. The second kappa shape index (κ2) is 11.4. The van der Waals surface area contributed by atoms with E-state index in [2.05, 4.69) is 0 Å². The van der Waals surface area contributed by atoms with E-state index >= 15 is 0 Å². The summed E-state index contributed by atoms with van der Waals surface area (Å²) in [5.74, 6) is 0. The molecule has 0 saturated carbocycles. The lowest BCUT2D eigenvalue weighted by molar-refractivity contribution is -0.0659. The van der Waals surface area contributed by atoms with Crippen LogP contribution in [0.3, 0.4) is 0 Å². The zero-order chi connectivity index (χ0) is 23.5. The molecule has 176 valence electrons. The number of likely N-dealkylation sites (N-methyl/N-ethyl adjacent to an activating group) is 1. The lowest BCUT2D eigenvalue weighted by atomic mass is 9.98. The molecule has 0 bridgehead atoms. The zero-order valence-corrected chi connectivity index (χ0v) is 20.9. The fraction of sp³-hybridized carbons (Fsp3) is 1.00. The standard InChI is InChI=1S/C17H32B3N3O7P2/c1-21-6-13(29-16(19)8-21)11-28-32(3,25)23-7-14(30-17(20)10-23)12-27-31(2,24)22-4-5-26-15(18)9-22/h13-17H,4-12H2,1-3H3. The molecular weight excluding hydrogens is 453 g/mol. The van der Waals surface area contributed by atoms with Gasteiger partial charge in [0, 0.05) is 70.6 Å². The van der Waals surface area contributed by atoms with Crippen molar-refractivity contribution in [2.75, 3.05) is 79.5 Å². The van der Waals surface area contributed by atoms with Crippen molar-refractivity contribution in [1.82, 2.24) is 14.2 Å². The molecule has 3 saturated heterocycles. The first kappa shape index (κ1) is 26.9. The molecule has 7 atom stereocenters. The van der Waals surface area contributed by atoms with Gasteiger partial charge in [0.15, 0.2) is 0 Å². The highest BCUT2D eigenvalue weighted by atomic mass is 31.2. The van der Waals surface area contributed by atoms with Crippen LogP contribution in [-0.2, 0) is 32.4 Å². The summed E-state index contributed by atoms with van der Waals surface area (Å²) in [4.78, 5) is 2.05. The molecular formula is C17H32B3N3O7P2. The van der Waals surface area contributed by atoms with Crippen LogP contribution in [-0.4, -0.2) is 147 Å². The molecule has 10 nitrogen and oxygen atoms in total. The Morgan fingerprint density at radius 1 is 0.812 bits per heavy atom. The maximum Gasteiger partial charge on any atom is 0.269 e. The van der Waals surface area contributed by atoms with Gasteiger partial charge in [-0.25, -0.2) is 9.34 Å². The van der Waals surface area contributed by atoms with Gasteiger partial charge in [-0.3, -0.25) is 9.13 Å². The summed E-state index contributed by atoms with van der Waals surface area (Å²) >= 11 is 0. The molecule has 3 aliphatic rings. The molecule has 15 heteroatoms. The van der Waals surface area contributed by atoms with Crippen molar-refractivity contribution >= 4 is 38.6 Å². The molecule has 7 unspecified atom stereocenters. The van der Waals surface area contributed by atoms with E-state index in [0.717, 1.165) is 0 Å². The third-order valence-electron chi connectivity index (χ3n) is 5.65. The first-order valence-electron chi connectivity index (χ1n) is 10.8. The third kappa shape index (κ3) is 7.67. The molecule has 0 spiro atoms. The van der Waals surface area contributed by atoms with Gasteiger partial charge in [-0.05, 0) is 7.05 Å². The summed E-state index contributed by atoms with van der Waals surface area (Å²) in [6.07, 6.45) is -0.777. The first-order valence-corrected chi connectivity index (χ1v) is 14.8. The Morgan fingerprint density at radius 3 is 1.94 bits per heavy atom. The topological polar surface area (TPSA) is 90.0 Å². The van der Waals surface area contributed by atoms with E-state index in [1.54, 1.807) is 22.7 Å². The lowest BCUT2D eigenvalue weighted by Gasteiger charge is -2.41. The number of hydrogen-bond donors (Lipinski definition) is 0. The minimum Gasteiger partial charge on any atom is -0.385 e. The Morgan fingerprint density at radius 2 is 1.34 bits per heavy atom. The van der Waals surface area contributed by atoms with Gasteiger partial charge in [-0.1, -0.05) is 0 Å². The van der Waals surface area contributed by atoms with Crippen LogP contribution in [0, 0.1) is 0 Å².